The number of ether oxygens (including phenoxy) is 2. The Morgan fingerprint density at radius 1 is 1.06 bits per heavy atom. The molecule has 4 rings (SSSR count). The SMILES string of the molecule is COc1ccc(C2=NOC(CN(Cc3ccccc3)C(=O)C3CCCC3)C2)cc1OC. The number of rotatable bonds is 8. The van der Waals surface area contributed by atoms with Crippen LogP contribution in [0.25, 0.3) is 0 Å². The molecule has 0 saturated heterocycles. The van der Waals surface area contributed by atoms with Crippen LogP contribution in [0.2, 0.25) is 0 Å². The molecule has 31 heavy (non-hydrogen) atoms. The number of benzene rings is 2. The standard InChI is InChI=1S/C25H30N2O4/c1-29-23-13-12-20(14-24(23)30-2)22-15-21(31-26-22)17-27(16-18-8-4-3-5-9-18)25(28)19-10-6-7-11-19/h3-5,8-9,12-14,19,21H,6-7,10-11,15-17H2,1-2H3. The zero-order valence-electron chi connectivity index (χ0n) is 18.3. The van der Waals surface area contributed by atoms with E-state index in [0.29, 0.717) is 31.0 Å². The first-order chi connectivity index (χ1) is 15.2. The average Bonchev–Trinajstić information content (AvgIpc) is 3.51. The summed E-state index contributed by atoms with van der Waals surface area (Å²) in [6.45, 7) is 1.13. The first kappa shape index (κ1) is 21.2. The van der Waals surface area contributed by atoms with Crippen LogP contribution in [0.5, 0.6) is 11.5 Å². The Balaban J connectivity index is 1.45. The molecule has 2 aromatic carbocycles. The van der Waals surface area contributed by atoms with Crippen molar-refractivity contribution < 1.29 is 19.1 Å². The monoisotopic (exact) mass is 422 g/mol. The van der Waals surface area contributed by atoms with Crippen molar-refractivity contribution in [2.24, 2.45) is 11.1 Å². The summed E-state index contributed by atoms with van der Waals surface area (Å²) < 4.78 is 10.7. The summed E-state index contributed by atoms with van der Waals surface area (Å²) in [5.41, 5.74) is 2.93. The largest absolute Gasteiger partial charge is 0.493 e. The van der Waals surface area contributed by atoms with Crippen molar-refractivity contribution in [1.82, 2.24) is 4.90 Å². The van der Waals surface area contributed by atoms with Crippen molar-refractivity contribution in [2.75, 3.05) is 20.8 Å². The molecule has 0 radical (unpaired) electrons. The van der Waals surface area contributed by atoms with Gasteiger partial charge in [-0.1, -0.05) is 48.3 Å². The number of amides is 1. The first-order valence-corrected chi connectivity index (χ1v) is 11.0. The average molecular weight is 423 g/mol. The number of carbonyl (C=O) groups excluding carboxylic acids is 1. The quantitative estimate of drug-likeness (QED) is 0.632. The number of oxime groups is 1. The van der Waals surface area contributed by atoms with Gasteiger partial charge in [-0.05, 0) is 36.6 Å². The maximum Gasteiger partial charge on any atom is 0.226 e. The van der Waals surface area contributed by atoms with Crippen LogP contribution in [0.3, 0.4) is 0 Å². The van der Waals surface area contributed by atoms with Gasteiger partial charge in [0.2, 0.25) is 5.91 Å². The fourth-order valence-corrected chi connectivity index (χ4v) is 4.43. The number of hydrogen-bond acceptors (Lipinski definition) is 5. The van der Waals surface area contributed by atoms with Gasteiger partial charge in [-0.3, -0.25) is 4.79 Å². The molecule has 164 valence electrons. The van der Waals surface area contributed by atoms with Crippen LogP contribution in [0.4, 0.5) is 0 Å². The minimum atomic E-state index is -0.155. The molecule has 1 aliphatic heterocycles. The maximum atomic E-state index is 13.2. The zero-order valence-corrected chi connectivity index (χ0v) is 18.3. The number of methoxy groups -OCH3 is 2. The Labute approximate surface area is 183 Å². The second-order valence-electron chi connectivity index (χ2n) is 8.23. The van der Waals surface area contributed by atoms with Crippen LogP contribution >= 0.6 is 0 Å². The van der Waals surface area contributed by atoms with Crippen molar-refractivity contribution in [2.45, 2.75) is 44.8 Å². The van der Waals surface area contributed by atoms with Gasteiger partial charge in [-0.2, -0.15) is 0 Å². The molecule has 2 aliphatic rings. The van der Waals surface area contributed by atoms with Gasteiger partial charge in [0.1, 0.15) is 0 Å². The van der Waals surface area contributed by atoms with Gasteiger partial charge in [0.25, 0.3) is 0 Å². The molecule has 0 aromatic heterocycles. The van der Waals surface area contributed by atoms with Crippen LogP contribution in [-0.2, 0) is 16.2 Å². The molecule has 0 spiro atoms. The highest BCUT2D eigenvalue weighted by Crippen LogP contribution is 2.31. The van der Waals surface area contributed by atoms with Gasteiger partial charge in [0.05, 0.1) is 26.5 Å². The predicted octanol–water partition coefficient (Wildman–Crippen LogP) is 4.42. The molecule has 1 amide bonds. The van der Waals surface area contributed by atoms with E-state index in [1.54, 1.807) is 14.2 Å². The van der Waals surface area contributed by atoms with Crippen LogP contribution in [0, 0.1) is 5.92 Å². The summed E-state index contributed by atoms with van der Waals surface area (Å²) in [4.78, 5) is 21.0. The predicted molar refractivity (Wildman–Crippen MR) is 119 cm³/mol. The first-order valence-electron chi connectivity index (χ1n) is 11.0. The van der Waals surface area contributed by atoms with Crippen LogP contribution < -0.4 is 9.47 Å². The lowest BCUT2D eigenvalue weighted by Crippen LogP contribution is -2.40. The minimum Gasteiger partial charge on any atom is -0.493 e. The zero-order chi connectivity index (χ0) is 21.6. The lowest BCUT2D eigenvalue weighted by molar-refractivity contribution is -0.137. The van der Waals surface area contributed by atoms with Gasteiger partial charge < -0.3 is 19.2 Å². The van der Waals surface area contributed by atoms with Crippen molar-refractivity contribution >= 4 is 11.6 Å². The molecule has 0 N–H and O–H groups in total. The molecule has 6 nitrogen and oxygen atoms in total. The van der Waals surface area contributed by atoms with Crippen LogP contribution in [0.1, 0.15) is 43.2 Å². The Morgan fingerprint density at radius 3 is 2.52 bits per heavy atom. The van der Waals surface area contributed by atoms with Gasteiger partial charge in [0.15, 0.2) is 17.6 Å². The number of carbonyl (C=O) groups is 1. The Kier molecular flexibility index (Phi) is 6.75. The van der Waals surface area contributed by atoms with Gasteiger partial charge >= 0.3 is 0 Å². The highest BCUT2D eigenvalue weighted by atomic mass is 16.6. The van der Waals surface area contributed by atoms with Crippen LogP contribution in [-0.4, -0.2) is 43.4 Å². The summed E-state index contributed by atoms with van der Waals surface area (Å²) in [7, 11) is 3.24. The highest BCUT2D eigenvalue weighted by molar-refractivity contribution is 6.01. The molecule has 1 fully saturated rings. The summed E-state index contributed by atoms with van der Waals surface area (Å²) >= 11 is 0. The molecular weight excluding hydrogens is 392 g/mol. The van der Waals surface area contributed by atoms with Crippen molar-refractivity contribution in [3.05, 3.63) is 59.7 Å². The van der Waals surface area contributed by atoms with E-state index < -0.39 is 0 Å². The second-order valence-corrected chi connectivity index (χ2v) is 8.23. The van der Waals surface area contributed by atoms with E-state index in [4.69, 9.17) is 14.3 Å². The fourth-order valence-electron chi connectivity index (χ4n) is 4.43. The van der Waals surface area contributed by atoms with E-state index in [1.165, 1.54) is 0 Å². The molecule has 1 saturated carbocycles. The summed E-state index contributed by atoms with van der Waals surface area (Å²) in [5.74, 6) is 1.72. The third-order valence-corrected chi connectivity index (χ3v) is 6.11. The fraction of sp³-hybridized carbons (Fsp3) is 0.440. The molecule has 6 heteroatoms. The molecule has 1 aliphatic carbocycles. The van der Waals surface area contributed by atoms with Crippen molar-refractivity contribution in [3.8, 4) is 11.5 Å². The summed E-state index contributed by atoms with van der Waals surface area (Å²) in [5, 5.41) is 4.32. The van der Waals surface area contributed by atoms with E-state index in [9.17, 15) is 4.79 Å². The third kappa shape index (κ3) is 5.01. The van der Waals surface area contributed by atoms with Gasteiger partial charge in [-0.15, -0.1) is 0 Å². The Morgan fingerprint density at radius 2 is 1.81 bits per heavy atom. The maximum absolute atomic E-state index is 13.2. The number of hydrogen-bond donors (Lipinski definition) is 0. The Hall–Kier alpha value is -3.02. The summed E-state index contributed by atoms with van der Waals surface area (Å²) in [6.07, 6.45) is 4.76. The lowest BCUT2D eigenvalue weighted by Gasteiger charge is -2.27. The highest BCUT2D eigenvalue weighted by Gasteiger charge is 2.31. The molecule has 2 aromatic rings. The van der Waals surface area contributed by atoms with Gasteiger partial charge in [0, 0.05) is 24.4 Å². The van der Waals surface area contributed by atoms with Crippen LogP contribution in [0.15, 0.2) is 53.7 Å². The second kappa shape index (κ2) is 9.86. The minimum absolute atomic E-state index is 0.136. The van der Waals surface area contributed by atoms with Crippen molar-refractivity contribution in [1.29, 1.82) is 0 Å². The van der Waals surface area contributed by atoms with E-state index in [-0.39, 0.29) is 17.9 Å². The molecule has 1 atom stereocenters. The van der Waals surface area contributed by atoms with Gasteiger partial charge in [-0.25, -0.2) is 0 Å². The van der Waals surface area contributed by atoms with E-state index in [1.807, 2.05) is 41.3 Å². The normalized spacial score (nSPS) is 18.4. The molecule has 0 bridgehead atoms. The van der Waals surface area contributed by atoms with E-state index in [2.05, 4.69) is 17.3 Å². The van der Waals surface area contributed by atoms with Crippen molar-refractivity contribution in [3.63, 3.8) is 0 Å². The molecule has 1 heterocycles. The topological polar surface area (TPSA) is 60.4 Å². The Bertz CT molecular complexity index is 922. The third-order valence-electron chi connectivity index (χ3n) is 6.11. The summed E-state index contributed by atoms with van der Waals surface area (Å²) in [6, 6.07) is 15.9. The van der Waals surface area contributed by atoms with E-state index >= 15 is 0 Å². The smallest absolute Gasteiger partial charge is 0.226 e. The number of nitrogens with zero attached hydrogens (tertiary/aromatic N) is 2. The van der Waals surface area contributed by atoms with E-state index in [0.717, 1.165) is 42.5 Å². The lowest BCUT2D eigenvalue weighted by atomic mass is 10.0. The molecular formula is C25H30N2O4. The molecule has 1 unspecified atom stereocenters.